The second-order valence-electron chi connectivity index (χ2n) is 6.97. The molecule has 2 aliphatic rings. The summed E-state index contributed by atoms with van der Waals surface area (Å²) in [5, 5.41) is 12.7. The Labute approximate surface area is 185 Å². The fourth-order valence-electron chi connectivity index (χ4n) is 3.62. The molecule has 1 unspecified atom stereocenters. The third-order valence-corrected chi connectivity index (χ3v) is 6.60. The number of carbonyl (C=O) groups is 1. The van der Waals surface area contributed by atoms with Crippen molar-refractivity contribution in [2.24, 2.45) is 4.99 Å². The summed E-state index contributed by atoms with van der Waals surface area (Å²) in [6.45, 7) is 3.11. The van der Waals surface area contributed by atoms with Crippen LogP contribution in [0.5, 0.6) is 0 Å². The topological polar surface area (TPSA) is 78.3 Å². The Morgan fingerprint density at radius 1 is 1.40 bits per heavy atom. The van der Waals surface area contributed by atoms with Gasteiger partial charge in [-0.05, 0) is 17.7 Å². The van der Waals surface area contributed by atoms with Gasteiger partial charge in [-0.2, -0.15) is 0 Å². The lowest BCUT2D eigenvalue weighted by molar-refractivity contribution is -0.133. The first-order valence-corrected chi connectivity index (χ1v) is 11.1. The van der Waals surface area contributed by atoms with E-state index in [1.165, 1.54) is 23.5 Å². The summed E-state index contributed by atoms with van der Waals surface area (Å²) < 4.78 is 19.6. The summed E-state index contributed by atoms with van der Waals surface area (Å²) in [6.07, 6.45) is 1.69. The maximum atomic E-state index is 13.7. The van der Waals surface area contributed by atoms with Gasteiger partial charge >= 0.3 is 5.97 Å². The summed E-state index contributed by atoms with van der Waals surface area (Å²) in [7, 11) is 1.81. The number of halogens is 2. The van der Waals surface area contributed by atoms with E-state index in [2.05, 4.69) is 25.8 Å². The van der Waals surface area contributed by atoms with E-state index < -0.39 is 17.8 Å². The van der Waals surface area contributed by atoms with Crippen LogP contribution in [0.15, 0.2) is 50.5 Å². The molecule has 1 atom stereocenters. The van der Waals surface area contributed by atoms with Crippen molar-refractivity contribution in [3.8, 4) is 0 Å². The van der Waals surface area contributed by atoms with Crippen molar-refractivity contribution >= 4 is 39.1 Å². The van der Waals surface area contributed by atoms with E-state index in [0.717, 1.165) is 13.1 Å². The number of hydrogen-bond acceptors (Lipinski definition) is 7. The van der Waals surface area contributed by atoms with Gasteiger partial charge in [0.05, 0.1) is 18.8 Å². The highest BCUT2D eigenvalue weighted by atomic mass is 79.9. The first kappa shape index (κ1) is 21.1. The number of carboxylic acid groups (broad SMARTS) is 1. The van der Waals surface area contributed by atoms with Crippen LogP contribution in [-0.4, -0.2) is 71.6 Å². The van der Waals surface area contributed by atoms with Crippen molar-refractivity contribution in [3.63, 3.8) is 0 Å². The zero-order valence-electron chi connectivity index (χ0n) is 16.2. The molecule has 1 aromatic heterocycles. The van der Waals surface area contributed by atoms with Crippen LogP contribution in [0.25, 0.3) is 0 Å². The number of aliphatic imine (C=N–C) groups is 1. The van der Waals surface area contributed by atoms with E-state index in [4.69, 9.17) is 9.73 Å². The normalized spacial score (nSPS) is 20.4. The maximum Gasteiger partial charge on any atom is 0.335 e. The van der Waals surface area contributed by atoms with Gasteiger partial charge in [0.2, 0.25) is 0 Å². The molecule has 1 aromatic carbocycles. The molecule has 10 heteroatoms. The third-order valence-electron chi connectivity index (χ3n) is 5.15. The number of carboxylic acids is 1. The first-order valence-electron chi connectivity index (χ1n) is 9.38. The van der Waals surface area contributed by atoms with Gasteiger partial charge < -0.3 is 14.7 Å². The zero-order chi connectivity index (χ0) is 21.3. The first-order chi connectivity index (χ1) is 14.5. The molecule has 0 aliphatic carbocycles. The number of thiazole rings is 1. The van der Waals surface area contributed by atoms with Crippen LogP contribution in [0, 0.1) is 5.82 Å². The predicted molar refractivity (Wildman–Crippen MR) is 115 cm³/mol. The van der Waals surface area contributed by atoms with Crippen molar-refractivity contribution in [1.29, 1.82) is 0 Å². The number of nitrogens with zero attached hydrogens (tertiary/aromatic N) is 4. The average Bonchev–Trinajstić information content (AvgIpc) is 3.24. The highest BCUT2D eigenvalue weighted by Gasteiger charge is 2.36. The summed E-state index contributed by atoms with van der Waals surface area (Å²) in [6, 6.07) is 3.43. The SMILES string of the molecule is CN1C(c2nccs2)=NC(c2ccc(F)cc2Br)C(C(=O)O)=C1CN1CCOCC1. The van der Waals surface area contributed by atoms with Gasteiger partial charge in [-0.25, -0.2) is 14.2 Å². The Balaban J connectivity index is 1.85. The molecular formula is C20H20BrFN4O3S. The number of ether oxygens (including phenoxy) is 1. The highest BCUT2D eigenvalue weighted by Crippen LogP contribution is 2.38. The number of hydrogen-bond donors (Lipinski definition) is 1. The Morgan fingerprint density at radius 2 is 2.17 bits per heavy atom. The number of rotatable bonds is 5. The predicted octanol–water partition coefficient (Wildman–Crippen LogP) is 3.15. The van der Waals surface area contributed by atoms with Crippen molar-refractivity contribution in [2.75, 3.05) is 39.9 Å². The maximum absolute atomic E-state index is 13.7. The van der Waals surface area contributed by atoms with Gasteiger partial charge in [-0.15, -0.1) is 11.3 Å². The van der Waals surface area contributed by atoms with E-state index in [1.807, 2.05) is 17.3 Å². The quantitative estimate of drug-likeness (QED) is 0.687. The molecule has 158 valence electrons. The minimum Gasteiger partial charge on any atom is -0.478 e. The van der Waals surface area contributed by atoms with Gasteiger partial charge in [0.15, 0.2) is 10.8 Å². The Hall–Kier alpha value is -2.14. The van der Waals surface area contributed by atoms with Crippen LogP contribution in [0.1, 0.15) is 16.6 Å². The van der Waals surface area contributed by atoms with Crippen molar-refractivity contribution in [1.82, 2.24) is 14.8 Å². The van der Waals surface area contributed by atoms with Crippen LogP contribution in [0.3, 0.4) is 0 Å². The molecule has 7 nitrogen and oxygen atoms in total. The summed E-state index contributed by atoms with van der Waals surface area (Å²) in [4.78, 5) is 25.5. The van der Waals surface area contributed by atoms with Crippen molar-refractivity contribution < 1.29 is 19.0 Å². The number of amidine groups is 1. The molecule has 4 rings (SSSR count). The van der Waals surface area contributed by atoms with Crippen LogP contribution < -0.4 is 0 Å². The highest BCUT2D eigenvalue weighted by molar-refractivity contribution is 9.10. The fraction of sp³-hybridized carbons (Fsp3) is 0.350. The molecule has 1 fully saturated rings. The molecule has 2 aromatic rings. The molecule has 0 bridgehead atoms. The zero-order valence-corrected chi connectivity index (χ0v) is 18.6. The summed E-state index contributed by atoms with van der Waals surface area (Å²) in [5.74, 6) is -0.857. The molecule has 0 saturated carbocycles. The second-order valence-corrected chi connectivity index (χ2v) is 8.72. The minimum atomic E-state index is -1.05. The fourth-order valence-corrected chi connectivity index (χ4v) is 4.86. The second kappa shape index (κ2) is 8.93. The van der Waals surface area contributed by atoms with Crippen molar-refractivity contribution in [3.05, 3.63) is 61.9 Å². The van der Waals surface area contributed by atoms with E-state index >= 15 is 0 Å². The molecule has 1 saturated heterocycles. The smallest absolute Gasteiger partial charge is 0.335 e. The van der Waals surface area contributed by atoms with Gasteiger partial charge in [-0.3, -0.25) is 9.89 Å². The summed E-state index contributed by atoms with van der Waals surface area (Å²) >= 11 is 4.82. The Bertz CT molecular complexity index is 1010. The molecule has 30 heavy (non-hydrogen) atoms. The third kappa shape index (κ3) is 4.18. The van der Waals surface area contributed by atoms with Gasteiger partial charge in [0.1, 0.15) is 11.9 Å². The molecule has 1 N–H and O–H groups in total. The van der Waals surface area contributed by atoms with Gasteiger partial charge in [0.25, 0.3) is 0 Å². The number of aliphatic carboxylic acids is 1. The van der Waals surface area contributed by atoms with Crippen LogP contribution in [-0.2, 0) is 9.53 Å². The number of morpholine rings is 1. The van der Waals surface area contributed by atoms with E-state index in [1.54, 1.807) is 12.3 Å². The molecule has 2 aliphatic heterocycles. The standard InChI is InChI=1S/C20H20BrFN4O3S/c1-25-15(11-26-5-7-29-8-6-26)16(20(27)28)17(13-3-2-12(22)10-14(13)21)24-18(25)19-23-4-9-30-19/h2-4,9-10,17H,5-8,11H2,1H3,(H,27,28). The largest absolute Gasteiger partial charge is 0.478 e. The average molecular weight is 495 g/mol. The lowest BCUT2D eigenvalue weighted by Gasteiger charge is -2.36. The lowest BCUT2D eigenvalue weighted by atomic mass is 9.94. The van der Waals surface area contributed by atoms with E-state index in [0.29, 0.717) is 46.3 Å². The number of aromatic nitrogens is 1. The monoisotopic (exact) mass is 494 g/mol. The van der Waals surface area contributed by atoms with Crippen LogP contribution in [0.4, 0.5) is 4.39 Å². The number of benzene rings is 1. The van der Waals surface area contributed by atoms with Crippen LogP contribution >= 0.6 is 27.3 Å². The molecule has 0 radical (unpaired) electrons. The molecular weight excluding hydrogens is 475 g/mol. The Morgan fingerprint density at radius 3 is 2.80 bits per heavy atom. The van der Waals surface area contributed by atoms with Gasteiger partial charge in [-0.1, -0.05) is 22.0 Å². The lowest BCUT2D eigenvalue weighted by Crippen LogP contribution is -2.44. The van der Waals surface area contributed by atoms with Gasteiger partial charge in [0, 0.05) is 48.4 Å². The molecule has 0 spiro atoms. The van der Waals surface area contributed by atoms with E-state index in [9.17, 15) is 14.3 Å². The summed E-state index contributed by atoms with van der Waals surface area (Å²) in [5.41, 5.74) is 1.41. The van der Waals surface area contributed by atoms with Crippen LogP contribution in [0.2, 0.25) is 0 Å². The van der Waals surface area contributed by atoms with E-state index in [-0.39, 0.29) is 5.57 Å². The minimum absolute atomic E-state index is 0.177. The molecule has 0 amide bonds. The molecule has 3 heterocycles. The van der Waals surface area contributed by atoms with Crippen molar-refractivity contribution in [2.45, 2.75) is 6.04 Å². The Kier molecular flexibility index (Phi) is 6.28. The number of likely N-dealkylation sites (N-methyl/N-ethyl adjacent to an activating group) is 1.